The lowest BCUT2D eigenvalue weighted by atomic mass is 9.85. The van der Waals surface area contributed by atoms with Gasteiger partial charge in [-0.1, -0.05) is 77.5 Å². The average molecular weight is 458 g/mol. The lowest BCUT2D eigenvalue weighted by Crippen LogP contribution is -2.16. The Kier molecular flexibility index (Phi) is 4.70. The van der Waals surface area contributed by atoms with Gasteiger partial charge < -0.3 is 4.90 Å². The lowest BCUT2D eigenvalue weighted by molar-refractivity contribution is 0.596. The van der Waals surface area contributed by atoms with Crippen molar-refractivity contribution in [1.82, 2.24) is 0 Å². The Morgan fingerprint density at radius 1 is 0.794 bits per heavy atom. The Labute approximate surface area is 206 Å². The van der Waals surface area contributed by atoms with Crippen molar-refractivity contribution in [2.24, 2.45) is 5.92 Å². The summed E-state index contributed by atoms with van der Waals surface area (Å²) in [6.07, 6.45) is 4.85. The normalized spacial score (nSPS) is 18.3. The van der Waals surface area contributed by atoms with E-state index >= 15 is 0 Å². The van der Waals surface area contributed by atoms with Gasteiger partial charge in [0.05, 0.1) is 11.4 Å². The average Bonchev–Trinajstić information content (AvgIpc) is 3.14. The number of para-hydroxylation sites is 2. The van der Waals surface area contributed by atoms with E-state index in [1.54, 1.807) is 16.7 Å². The molecule has 0 spiro atoms. The molecule has 3 aliphatic rings. The molecule has 0 radical (unpaired) electrons. The molecule has 1 aliphatic heterocycles. The second kappa shape index (κ2) is 7.92. The van der Waals surface area contributed by atoms with E-state index in [4.69, 9.17) is 0 Å². The van der Waals surface area contributed by atoms with Crippen molar-refractivity contribution in [1.29, 1.82) is 0 Å². The molecule has 2 bridgehead atoms. The van der Waals surface area contributed by atoms with Crippen molar-refractivity contribution in [3.05, 3.63) is 113 Å². The third-order valence-electron chi connectivity index (χ3n) is 7.92. The van der Waals surface area contributed by atoms with Crippen molar-refractivity contribution < 1.29 is 0 Å². The monoisotopic (exact) mass is 457 g/mol. The number of anilines is 3. The van der Waals surface area contributed by atoms with Gasteiger partial charge in [-0.2, -0.15) is 0 Å². The van der Waals surface area contributed by atoms with Gasteiger partial charge in [0.25, 0.3) is 0 Å². The van der Waals surface area contributed by atoms with Crippen LogP contribution in [0.4, 0.5) is 17.1 Å². The fourth-order valence-electron chi connectivity index (χ4n) is 6.11. The lowest BCUT2D eigenvalue weighted by Gasteiger charge is -2.34. The molecule has 4 aromatic carbocycles. The molecule has 1 nitrogen and oxygen atoms in total. The van der Waals surface area contributed by atoms with Crippen LogP contribution >= 0.6 is 11.8 Å². The summed E-state index contributed by atoms with van der Waals surface area (Å²) in [6, 6.07) is 33.6. The summed E-state index contributed by atoms with van der Waals surface area (Å²) in [6.45, 7) is 2.39. The third-order valence-corrected chi connectivity index (χ3v) is 9.05. The van der Waals surface area contributed by atoms with Crippen molar-refractivity contribution in [3.63, 3.8) is 0 Å². The number of hydrogen-bond acceptors (Lipinski definition) is 2. The minimum absolute atomic E-state index is 0.706. The molecule has 4 aromatic rings. The highest BCUT2D eigenvalue weighted by atomic mass is 32.2. The van der Waals surface area contributed by atoms with Gasteiger partial charge in [-0.15, -0.1) is 0 Å². The minimum Gasteiger partial charge on any atom is -0.308 e. The second-order valence-electron chi connectivity index (χ2n) is 9.77. The molecule has 166 valence electrons. The molecular formula is C32H27NS. The summed E-state index contributed by atoms with van der Waals surface area (Å²) >= 11 is 1.87. The number of benzene rings is 4. The summed E-state index contributed by atoms with van der Waals surface area (Å²) in [5.74, 6) is 0.706. The maximum absolute atomic E-state index is 2.49. The molecule has 1 heterocycles. The van der Waals surface area contributed by atoms with Crippen LogP contribution in [0.1, 0.15) is 30.9 Å². The highest BCUT2D eigenvalue weighted by Crippen LogP contribution is 2.52. The summed E-state index contributed by atoms with van der Waals surface area (Å²) in [7, 11) is 0. The summed E-state index contributed by atoms with van der Waals surface area (Å²) in [4.78, 5) is 5.11. The molecular weight excluding hydrogens is 430 g/mol. The number of fused-ring (bicyclic) bond motifs is 4. The molecule has 0 unspecified atom stereocenters. The SMILES string of the molecule is CC1=C2CC[C@@H]1Cc1c(cc(N3c4ccccc4Sc4ccccc43)cc1-c1ccccc1)C2. The fourth-order valence-corrected chi connectivity index (χ4v) is 7.17. The molecule has 2 aliphatic carbocycles. The van der Waals surface area contributed by atoms with Gasteiger partial charge in [-0.25, -0.2) is 0 Å². The largest absolute Gasteiger partial charge is 0.308 e. The molecule has 7 rings (SSSR count). The van der Waals surface area contributed by atoms with Crippen molar-refractivity contribution >= 4 is 28.8 Å². The predicted octanol–water partition coefficient (Wildman–Crippen LogP) is 9.11. The van der Waals surface area contributed by atoms with Gasteiger partial charge >= 0.3 is 0 Å². The van der Waals surface area contributed by atoms with E-state index in [1.165, 1.54) is 56.4 Å². The van der Waals surface area contributed by atoms with Crippen LogP contribution in [0.5, 0.6) is 0 Å². The first-order chi connectivity index (χ1) is 16.8. The van der Waals surface area contributed by atoms with Crippen LogP contribution in [0.25, 0.3) is 11.1 Å². The van der Waals surface area contributed by atoms with E-state index in [2.05, 4.69) is 103 Å². The number of rotatable bonds is 2. The van der Waals surface area contributed by atoms with Crippen LogP contribution in [0, 0.1) is 5.92 Å². The van der Waals surface area contributed by atoms with Gasteiger partial charge in [-0.3, -0.25) is 0 Å². The quantitative estimate of drug-likeness (QED) is 0.243. The smallest absolute Gasteiger partial charge is 0.0601 e. The maximum Gasteiger partial charge on any atom is 0.0601 e. The van der Waals surface area contributed by atoms with Crippen molar-refractivity contribution in [2.75, 3.05) is 4.90 Å². The summed E-state index contributed by atoms with van der Waals surface area (Å²) < 4.78 is 0. The van der Waals surface area contributed by atoms with E-state index in [1.807, 2.05) is 11.8 Å². The van der Waals surface area contributed by atoms with E-state index in [-0.39, 0.29) is 0 Å². The molecule has 0 fully saturated rings. The first kappa shape index (κ1) is 20.2. The van der Waals surface area contributed by atoms with E-state index in [9.17, 15) is 0 Å². The third kappa shape index (κ3) is 3.16. The number of hydrogen-bond donors (Lipinski definition) is 0. The molecule has 34 heavy (non-hydrogen) atoms. The van der Waals surface area contributed by atoms with E-state index in [0.29, 0.717) is 5.92 Å². The van der Waals surface area contributed by atoms with Crippen LogP contribution in [-0.4, -0.2) is 0 Å². The Hall–Kier alpha value is -3.23. The zero-order valence-corrected chi connectivity index (χ0v) is 20.2. The molecule has 2 heteroatoms. The first-order valence-electron chi connectivity index (χ1n) is 12.3. The van der Waals surface area contributed by atoms with E-state index < -0.39 is 0 Å². The number of allylic oxidation sites excluding steroid dienone is 2. The van der Waals surface area contributed by atoms with Gasteiger partial charge in [0.1, 0.15) is 0 Å². The molecule has 0 amide bonds. The Balaban J connectivity index is 1.48. The molecule has 0 N–H and O–H groups in total. The fraction of sp³-hybridized carbons (Fsp3) is 0.188. The molecule has 1 atom stereocenters. The van der Waals surface area contributed by atoms with Crippen LogP contribution in [0.15, 0.2) is 112 Å². The van der Waals surface area contributed by atoms with Gasteiger partial charge in [-0.05, 0) is 97.2 Å². The minimum atomic E-state index is 0.706. The standard InChI is InChI=1S/C32H27NS/c1-21-23-15-16-24(21)19-27-25(17-23)18-26(20-28(27)22-9-3-2-4-10-22)33-29-11-5-7-13-31(29)34-32-14-8-6-12-30(32)33/h2-14,18,20,24H,15-17,19H2,1H3/t24-/m1/s1. The van der Waals surface area contributed by atoms with E-state index in [0.717, 1.165) is 12.8 Å². The Morgan fingerprint density at radius 2 is 1.47 bits per heavy atom. The summed E-state index contributed by atoms with van der Waals surface area (Å²) in [5.41, 5.74) is 13.0. The molecule has 0 aromatic heterocycles. The van der Waals surface area contributed by atoms with Crippen LogP contribution in [-0.2, 0) is 12.8 Å². The maximum atomic E-state index is 2.49. The second-order valence-corrected chi connectivity index (χ2v) is 10.9. The predicted molar refractivity (Wildman–Crippen MR) is 144 cm³/mol. The van der Waals surface area contributed by atoms with Gasteiger partial charge in [0.2, 0.25) is 0 Å². The van der Waals surface area contributed by atoms with Gasteiger partial charge in [0, 0.05) is 15.5 Å². The molecule has 0 saturated heterocycles. The topological polar surface area (TPSA) is 3.24 Å². The number of nitrogens with zero attached hydrogens (tertiary/aromatic N) is 1. The van der Waals surface area contributed by atoms with Crippen molar-refractivity contribution in [3.8, 4) is 11.1 Å². The highest BCUT2D eigenvalue weighted by molar-refractivity contribution is 7.99. The zero-order chi connectivity index (χ0) is 22.6. The zero-order valence-electron chi connectivity index (χ0n) is 19.4. The molecule has 0 saturated carbocycles. The summed E-state index contributed by atoms with van der Waals surface area (Å²) in [5, 5.41) is 0. The van der Waals surface area contributed by atoms with Crippen LogP contribution in [0.3, 0.4) is 0 Å². The Bertz CT molecular complexity index is 1400. The van der Waals surface area contributed by atoms with Crippen LogP contribution in [0.2, 0.25) is 0 Å². The van der Waals surface area contributed by atoms with Crippen molar-refractivity contribution in [2.45, 2.75) is 42.4 Å². The Morgan fingerprint density at radius 3 is 2.21 bits per heavy atom. The first-order valence-corrected chi connectivity index (χ1v) is 13.1. The highest BCUT2D eigenvalue weighted by Gasteiger charge is 2.31. The van der Waals surface area contributed by atoms with Crippen LogP contribution < -0.4 is 4.90 Å². The van der Waals surface area contributed by atoms with Gasteiger partial charge in [0.15, 0.2) is 0 Å².